The van der Waals surface area contributed by atoms with E-state index < -0.39 is 0 Å². The first kappa shape index (κ1) is 18.8. The van der Waals surface area contributed by atoms with Crippen molar-refractivity contribution in [3.63, 3.8) is 0 Å². The number of nitrogens with one attached hydrogen (secondary N) is 1. The average molecular weight is 387 g/mol. The zero-order chi connectivity index (χ0) is 19.1. The summed E-state index contributed by atoms with van der Waals surface area (Å²) in [6, 6.07) is 7.69. The maximum Gasteiger partial charge on any atom is 0.330 e. The molecule has 1 aliphatic heterocycles. The van der Waals surface area contributed by atoms with E-state index in [-0.39, 0.29) is 17.1 Å². The molecule has 3 N–H and O–H groups in total. The standard InChI is InChI=1S/C17H21N7O2S/c1-25-16-20-15(24-8-3-2-4-9-24)21-17(22-16)26-13-7-5-6-12(10-13)11-19-23-14(18)27/h5-7,10-11H,2-4,8-9H2,1H3,(H3,18,23,27). The normalized spacial score (nSPS) is 14.2. The van der Waals surface area contributed by atoms with Gasteiger partial charge >= 0.3 is 12.0 Å². The zero-order valence-corrected chi connectivity index (χ0v) is 15.8. The van der Waals surface area contributed by atoms with Crippen LogP contribution >= 0.6 is 12.2 Å². The maximum atomic E-state index is 5.82. The molecule has 9 nitrogen and oxygen atoms in total. The van der Waals surface area contributed by atoms with Gasteiger partial charge in [-0.3, -0.25) is 5.43 Å². The number of hydrogen-bond donors (Lipinski definition) is 2. The summed E-state index contributed by atoms with van der Waals surface area (Å²) in [6.07, 6.45) is 5.04. The topological polar surface area (TPSA) is 111 Å². The van der Waals surface area contributed by atoms with Crippen LogP contribution in [0.4, 0.5) is 5.95 Å². The summed E-state index contributed by atoms with van der Waals surface area (Å²) in [5, 5.41) is 4.03. The van der Waals surface area contributed by atoms with Crippen molar-refractivity contribution in [3.05, 3.63) is 29.8 Å². The van der Waals surface area contributed by atoms with E-state index in [2.05, 4.69) is 30.4 Å². The minimum atomic E-state index is 0.0983. The Morgan fingerprint density at radius 3 is 2.74 bits per heavy atom. The van der Waals surface area contributed by atoms with E-state index in [9.17, 15) is 0 Å². The van der Waals surface area contributed by atoms with Crippen LogP contribution in [0.3, 0.4) is 0 Å². The molecular formula is C17H21N7O2S. The van der Waals surface area contributed by atoms with Gasteiger partial charge in [-0.2, -0.15) is 15.1 Å². The van der Waals surface area contributed by atoms with Gasteiger partial charge in [0.15, 0.2) is 5.11 Å². The predicted octanol–water partition coefficient (Wildman–Crippen LogP) is 1.83. The number of ether oxygens (including phenoxy) is 2. The van der Waals surface area contributed by atoms with E-state index in [0.717, 1.165) is 31.5 Å². The molecule has 2 heterocycles. The molecule has 27 heavy (non-hydrogen) atoms. The van der Waals surface area contributed by atoms with Gasteiger partial charge in [-0.1, -0.05) is 12.1 Å². The van der Waals surface area contributed by atoms with Gasteiger partial charge in [-0.25, -0.2) is 0 Å². The molecule has 1 saturated heterocycles. The minimum Gasteiger partial charge on any atom is -0.467 e. The molecule has 0 amide bonds. The molecule has 3 rings (SSSR count). The summed E-state index contributed by atoms with van der Waals surface area (Å²) >= 11 is 4.70. The molecule has 0 aliphatic carbocycles. The number of anilines is 1. The number of benzene rings is 1. The Morgan fingerprint density at radius 1 is 1.22 bits per heavy atom. The molecule has 0 unspecified atom stereocenters. The van der Waals surface area contributed by atoms with E-state index in [0.29, 0.717) is 11.7 Å². The summed E-state index contributed by atoms with van der Waals surface area (Å²) in [7, 11) is 1.52. The molecule has 1 aromatic heterocycles. The lowest BCUT2D eigenvalue weighted by molar-refractivity contribution is 0.358. The fourth-order valence-electron chi connectivity index (χ4n) is 2.63. The lowest BCUT2D eigenvalue weighted by atomic mass is 10.1. The van der Waals surface area contributed by atoms with Crippen LogP contribution < -0.4 is 25.5 Å². The molecule has 142 valence electrons. The summed E-state index contributed by atoms with van der Waals surface area (Å²) in [5.74, 6) is 1.13. The molecule has 10 heteroatoms. The van der Waals surface area contributed by atoms with Crippen molar-refractivity contribution in [2.24, 2.45) is 10.8 Å². The van der Waals surface area contributed by atoms with Gasteiger partial charge in [0, 0.05) is 13.1 Å². The SMILES string of the molecule is COc1nc(Oc2cccc(C=NNC(N)=S)c2)nc(N2CCCCC2)n1. The van der Waals surface area contributed by atoms with Crippen molar-refractivity contribution >= 4 is 29.5 Å². The molecule has 0 bridgehead atoms. The second-order valence-electron chi connectivity index (χ2n) is 5.86. The third kappa shape index (κ3) is 5.48. The average Bonchev–Trinajstić information content (AvgIpc) is 2.68. The first-order valence-electron chi connectivity index (χ1n) is 8.55. The van der Waals surface area contributed by atoms with Gasteiger partial charge in [0.1, 0.15) is 5.75 Å². The molecule has 0 atom stereocenters. The van der Waals surface area contributed by atoms with Crippen LogP contribution in [0, 0.1) is 0 Å². The lowest BCUT2D eigenvalue weighted by Gasteiger charge is -2.26. The molecule has 0 radical (unpaired) electrons. The summed E-state index contributed by atoms with van der Waals surface area (Å²) in [4.78, 5) is 15.1. The third-order valence-corrected chi connectivity index (χ3v) is 3.95. The first-order valence-corrected chi connectivity index (χ1v) is 8.96. The van der Waals surface area contributed by atoms with Crippen LogP contribution in [-0.4, -0.2) is 46.5 Å². The molecule has 0 spiro atoms. The van der Waals surface area contributed by atoms with E-state index >= 15 is 0 Å². The largest absolute Gasteiger partial charge is 0.467 e. The van der Waals surface area contributed by atoms with Gasteiger partial charge in [0.05, 0.1) is 13.3 Å². The Morgan fingerprint density at radius 2 is 2.00 bits per heavy atom. The highest BCUT2D eigenvalue weighted by Gasteiger charge is 2.17. The molecule has 2 aromatic rings. The van der Waals surface area contributed by atoms with Crippen LogP contribution in [0.2, 0.25) is 0 Å². The summed E-state index contributed by atoms with van der Waals surface area (Å²) in [6.45, 7) is 1.82. The Balaban J connectivity index is 1.78. The van der Waals surface area contributed by atoms with Gasteiger partial charge in [0.25, 0.3) is 0 Å². The summed E-state index contributed by atoms with van der Waals surface area (Å²) in [5.41, 5.74) is 8.64. The number of aromatic nitrogens is 3. The fraction of sp³-hybridized carbons (Fsp3) is 0.353. The van der Waals surface area contributed by atoms with Crippen molar-refractivity contribution in [1.29, 1.82) is 0 Å². The smallest absolute Gasteiger partial charge is 0.330 e. The number of nitrogens with zero attached hydrogens (tertiary/aromatic N) is 5. The van der Waals surface area contributed by atoms with Crippen LogP contribution in [0.15, 0.2) is 29.4 Å². The Hall–Kier alpha value is -3.01. The van der Waals surface area contributed by atoms with Crippen LogP contribution in [0.1, 0.15) is 24.8 Å². The number of hydrogen-bond acceptors (Lipinski definition) is 8. The molecule has 1 aliphatic rings. The highest BCUT2D eigenvalue weighted by atomic mass is 32.1. The van der Waals surface area contributed by atoms with Crippen LogP contribution in [0.25, 0.3) is 0 Å². The van der Waals surface area contributed by atoms with Crippen LogP contribution in [-0.2, 0) is 0 Å². The Bertz CT molecular complexity index is 825. The fourth-order valence-corrected chi connectivity index (χ4v) is 2.69. The number of nitrogens with two attached hydrogens (primary N) is 1. The Kier molecular flexibility index (Phi) is 6.31. The molecule has 1 aromatic carbocycles. The summed E-state index contributed by atoms with van der Waals surface area (Å²) < 4.78 is 11.0. The van der Waals surface area contributed by atoms with E-state index in [4.69, 9.17) is 27.4 Å². The number of rotatable bonds is 6. The van der Waals surface area contributed by atoms with Crippen molar-refractivity contribution in [2.75, 3.05) is 25.1 Å². The number of thiocarbonyl (C=S) groups is 1. The van der Waals surface area contributed by atoms with E-state index in [1.165, 1.54) is 13.5 Å². The molecule has 1 fully saturated rings. The first-order chi connectivity index (χ1) is 13.1. The number of piperidine rings is 1. The number of hydrazone groups is 1. The van der Waals surface area contributed by atoms with E-state index in [1.807, 2.05) is 12.1 Å². The van der Waals surface area contributed by atoms with Gasteiger partial charge in [-0.05, 0) is 49.2 Å². The predicted molar refractivity (Wildman–Crippen MR) is 106 cm³/mol. The van der Waals surface area contributed by atoms with Crippen LogP contribution in [0.5, 0.6) is 17.8 Å². The van der Waals surface area contributed by atoms with Gasteiger partial charge in [-0.15, -0.1) is 4.98 Å². The molecule has 0 saturated carbocycles. The maximum absolute atomic E-state index is 5.82. The monoisotopic (exact) mass is 387 g/mol. The van der Waals surface area contributed by atoms with Gasteiger partial charge in [0.2, 0.25) is 5.95 Å². The third-order valence-electron chi connectivity index (χ3n) is 3.86. The zero-order valence-electron chi connectivity index (χ0n) is 15.0. The lowest BCUT2D eigenvalue weighted by Crippen LogP contribution is -2.31. The van der Waals surface area contributed by atoms with Crippen molar-refractivity contribution in [2.45, 2.75) is 19.3 Å². The van der Waals surface area contributed by atoms with Crippen molar-refractivity contribution in [1.82, 2.24) is 20.4 Å². The molecular weight excluding hydrogens is 366 g/mol. The quantitative estimate of drug-likeness (QED) is 0.435. The van der Waals surface area contributed by atoms with Crippen molar-refractivity contribution in [3.8, 4) is 17.8 Å². The minimum absolute atomic E-state index is 0.0983. The van der Waals surface area contributed by atoms with Crippen molar-refractivity contribution < 1.29 is 9.47 Å². The highest BCUT2D eigenvalue weighted by Crippen LogP contribution is 2.24. The van der Waals surface area contributed by atoms with Gasteiger partial charge < -0.3 is 20.1 Å². The second kappa shape index (κ2) is 9.08. The number of methoxy groups -OCH3 is 1. The highest BCUT2D eigenvalue weighted by molar-refractivity contribution is 7.80. The Labute approximate surface area is 162 Å². The second-order valence-corrected chi connectivity index (χ2v) is 6.30. The van der Waals surface area contributed by atoms with E-state index in [1.54, 1.807) is 18.3 Å².